The molecule has 7 nitrogen and oxygen atoms in total. The van der Waals surface area contributed by atoms with E-state index < -0.39 is 10.0 Å². The Hall–Kier alpha value is -2.78. The van der Waals surface area contributed by atoms with Gasteiger partial charge >= 0.3 is 0 Å². The van der Waals surface area contributed by atoms with Crippen molar-refractivity contribution < 1.29 is 17.9 Å². The third-order valence-corrected chi connectivity index (χ3v) is 8.94. The average molecular weight is 563 g/mol. The standard InChI is InChI=1S/C27H29Cl2N3O4S/c1-20-10-12-21(13-11-20)37(34,35)32(18-22-23(28)6-5-7-24(22)29)19-27(33)31-16-14-30(15-17-31)25-8-3-4-9-26(25)36-2/h3-13H,14-19H2,1-2H3. The van der Waals surface area contributed by atoms with Gasteiger partial charge in [0.2, 0.25) is 15.9 Å². The summed E-state index contributed by atoms with van der Waals surface area (Å²) in [5, 5.41) is 0.684. The topological polar surface area (TPSA) is 70.2 Å². The second-order valence-electron chi connectivity index (χ2n) is 8.83. The SMILES string of the molecule is COc1ccccc1N1CCN(C(=O)CN(Cc2c(Cl)cccc2Cl)S(=O)(=O)c2ccc(C)cc2)CC1. The minimum Gasteiger partial charge on any atom is -0.495 e. The predicted octanol–water partition coefficient (Wildman–Crippen LogP) is 4.85. The quantitative estimate of drug-likeness (QED) is 0.393. The van der Waals surface area contributed by atoms with Gasteiger partial charge in [-0.1, -0.05) is 59.1 Å². The van der Waals surface area contributed by atoms with Crippen molar-refractivity contribution >= 4 is 44.8 Å². The summed E-state index contributed by atoms with van der Waals surface area (Å²) >= 11 is 12.7. The van der Waals surface area contributed by atoms with Crippen LogP contribution >= 0.6 is 23.2 Å². The minimum atomic E-state index is -4.00. The molecule has 1 aliphatic rings. The van der Waals surface area contributed by atoms with Crippen molar-refractivity contribution in [1.29, 1.82) is 0 Å². The van der Waals surface area contributed by atoms with Gasteiger partial charge in [0, 0.05) is 48.3 Å². The number of carbonyl (C=O) groups is 1. The van der Waals surface area contributed by atoms with Crippen LogP contribution in [-0.2, 0) is 21.4 Å². The van der Waals surface area contributed by atoms with Gasteiger partial charge in [-0.3, -0.25) is 4.79 Å². The number of para-hydroxylation sites is 2. The van der Waals surface area contributed by atoms with Crippen molar-refractivity contribution in [2.75, 3.05) is 44.7 Å². The molecule has 0 N–H and O–H groups in total. The fraction of sp³-hybridized carbons (Fsp3) is 0.296. The first-order chi connectivity index (χ1) is 17.7. The molecule has 4 rings (SSSR count). The number of rotatable bonds is 8. The number of nitrogens with zero attached hydrogens (tertiary/aromatic N) is 3. The van der Waals surface area contributed by atoms with Crippen LogP contribution in [0.2, 0.25) is 10.0 Å². The Kier molecular flexibility index (Phi) is 8.64. The number of aryl methyl sites for hydroxylation is 1. The lowest BCUT2D eigenvalue weighted by Crippen LogP contribution is -2.51. The van der Waals surface area contributed by atoms with Gasteiger partial charge in [-0.25, -0.2) is 8.42 Å². The number of methoxy groups -OCH3 is 1. The lowest BCUT2D eigenvalue weighted by molar-refractivity contribution is -0.131. The molecule has 1 aliphatic heterocycles. The Bertz CT molecular complexity index is 1340. The molecule has 0 unspecified atom stereocenters. The maximum absolute atomic E-state index is 13.6. The summed E-state index contributed by atoms with van der Waals surface area (Å²) in [6.07, 6.45) is 0. The Morgan fingerprint density at radius 2 is 1.54 bits per heavy atom. The molecule has 1 heterocycles. The Morgan fingerprint density at radius 1 is 0.919 bits per heavy atom. The van der Waals surface area contributed by atoms with Crippen molar-refractivity contribution in [2.45, 2.75) is 18.4 Å². The summed E-state index contributed by atoms with van der Waals surface area (Å²) in [6.45, 7) is 3.56. The molecule has 0 saturated carbocycles. The zero-order chi connectivity index (χ0) is 26.6. The monoisotopic (exact) mass is 561 g/mol. The Balaban J connectivity index is 1.54. The van der Waals surface area contributed by atoms with Gasteiger partial charge in [0.1, 0.15) is 5.75 Å². The molecule has 0 atom stereocenters. The van der Waals surface area contributed by atoms with E-state index in [0.717, 1.165) is 21.3 Å². The zero-order valence-electron chi connectivity index (χ0n) is 20.7. The number of halogens is 2. The predicted molar refractivity (Wildman–Crippen MR) is 147 cm³/mol. The second-order valence-corrected chi connectivity index (χ2v) is 11.6. The molecule has 10 heteroatoms. The van der Waals surface area contributed by atoms with E-state index >= 15 is 0 Å². The van der Waals surface area contributed by atoms with Crippen LogP contribution in [0.4, 0.5) is 5.69 Å². The van der Waals surface area contributed by atoms with Crippen LogP contribution in [0.15, 0.2) is 71.6 Å². The number of hydrogen-bond acceptors (Lipinski definition) is 5. The van der Waals surface area contributed by atoms with E-state index in [1.165, 1.54) is 0 Å². The largest absolute Gasteiger partial charge is 0.495 e. The molecule has 3 aromatic carbocycles. The van der Waals surface area contributed by atoms with Crippen molar-refractivity contribution in [3.8, 4) is 5.75 Å². The first kappa shape index (κ1) is 27.3. The molecule has 3 aromatic rings. The summed E-state index contributed by atoms with van der Waals surface area (Å²) < 4.78 is 33.9. The minimum absolute atomic E-state index is 0.107. The van der Waals surface area contributed by atoms with E-state index in [4.69, 9.17) is 27.9 Å². The molecular weight excluding hydrogens is 533 g/mol. The molecule has 0 radical (unpaired) electrons. The number of carbonyl (C=O) groups excluding carboxylic acids is 1. The van der Waals surface area contributed by atoms with E-state index in [1.807, 2.05) is 31.2 Å². The zero-order valence-corrected chi connectivity index (χ0v) is 23.1. The van der Waals surface area contributed by atoms with E-state index in [9.17, 15) is 13.2 Å². The number of benzene rings is 3. The van der Waals surface area contributed by atoms with Gasteiger partial charge in [-0.05, 0) is 43.3 Å². The van der Waals surface area contributed by atoms with Crippen LogP contribution in [0.3, 0.4) is 0 Å². The smallest absolute Gasteiger partial charge is 0.243 e. The first-order valence-electron chi connectivity index (χ1n) is 11.9. The maximum atomic E-state index is 13.6. The summed E-state index contributed by atoms with van der Waals surface area (Å²) in [5.41, 5.74) is 2.35. The van der Waals surface area contributed by atoms with Crippen LogP contribution in [0.25, 0.3) is 0 Å². The number of ether oxygens (including phenoxy) is 1. The first-order valence-corrected chi connectivity index (χ1v) is 14.1. The van der Waals surface area contributed by atoms with E-state index in [0.29, 0.717) is 41.8 Å². The molecule has 196 valence electrons. The van der Waals surface area contributed by atoms with Crippen LogP contribution in [0.1, 0.15) is 11.1 Å². The van der Waals surface area contributed by atoms with Crippen LogP contribution in [0, 0.1) is 6.92 Å². The molecule has 1 amide bonds. The van der Waals surface area contributed by atoms with E-state index in [1.54, 1.807) is 54.5 Å². The normalized spacial score (nSPS) is 14.2. The summed E-state index contributed by atoms with van der Waals surface area (Å²) in [6, 6.07) is 19.3. The summed E-state index contributed by atoms with van der Waals surface area (Å²) in [4.78, 5) is 17.3. The van der Waals surface area contributed by atoms with Crippen molar-refractivity contribution in [1.82, 2.24) is 9.21 Å². The van der Waals surface area contributed by atoms with Crippen molar-refractivity contribution in [2.24, 2.45) is 0 Å². The average Bonchev–Trinajstić information content (AvgIpc) is 2.90. The Labute approximate surface area is 228 Å². The van der Waals surface area contributed by atoms with Crippen LogP contribution < -0.4 is 9.64 Å². The number of anilines is 1. The maximum Gasteiger partial charge on any atom is 0.243 e. The molecule has 0 spiro atoms. The van der Waals surface area contributed by atoms with Gasteiger partial charge in [-0.15, -0.1) is 0 Å². The van der Waals surface area contributed by atoms with E-state index in [2.05, 4.69) is 4.90 Å². The van der Waals surface area contributed by atoms with Gasteiger partial charge in [0.15, 0.2) is 0 Å². The highest BCUT2D eigenvalue weighted by Gasteiger charge is 2.31. The molecule has 1 fully saturated rings. The molecule has 0 aromatic heterocycles. The fourth-order valence-electron chi connectivity index (χ4n) is 4.28. The molecule has 0 bridgehead atoms. The molecule has 1 saturated heterocycles. The third-order valence-electron chi connectivity index (χ3n) is 6.42. The fourth-order valence-corrected chi connectivity index (χ4v) is 6.16. The number of piperazine rings is 1. The summed E-state index contributed by atoms with van der Waals surface area (Å²) in [7, 11) is -2.37. The van der Waals surface area contributed by atoms with Gasteiger partial charge < -0.3 is 14.5 Å². The van der Waals surface area contributed by atoms with Gasteiger partial charge in [0.05, 0.1) is 24.2 Å². The third kappa shape index (κ3) is 6.21. The van der Waals surface area contributed by atoms with Gasteiger partial charge in [0.25, 0.3) is 0 Å². The highest BCUT2D eigenvalue weighted by atomic mass is 35.5. The van der Waals surface area contributed by atoms with Crippen molar-refractivity contribution in [3.05, 3.63) is 87.9 Å². The highest BCUT2D eigenvalue weighted by molar-refractivity contribution is 7.89. The number of sulfonamides is 1. The number of amides is 1. The van der Waals surface area contributed by atoms with Crippen LogP contribution in [0.5, 0.6) is 5.75 Å². The lowest BCUT2D eigenvalue weighted by atomic mass is 10.2. The second kappa shape index (κ2) is 11.7. The van der Waals surface area contributed by atoms with Crippen LogP contribution in [-0.4, -0.2) is 63.4 Å². The molecule has 37 heavy (non-hydrogen) atoms. The van der Waals surface area contributed by atoms with E-state index in [-0.39, 0.29) is 23.9 Å². The molecule has 0 aliphatic carbocycles. The molecular formula is C27H29Cl2N3O4S. The summed E-state index contributed by atoms with van der Waals surface area (Å²) in [5.74, 6) is 0.493. The highest BCUT2D eigenvalue weighted by Crippen LogP contribution is 2.30. The van der Waals surface area contributed by atoms with Gasteiger partial charge in [-0.2, -0.15) is 4.31 Å². The lowest BCUT2D eigenvalue weighted by Gasteiger charge is -2.37. The number of hydrogen-bond donors (Lipinski definition) is 0. The Morgan fingerprint density at radius 3 is 2.16 bits per heavy atom. The van der Waals surface area contributed by atoms with Crippen molar-refractivity contribution in [3.63, 3.8) is 0 Å².